The molecule has 0 saturated carbocycles. The minimum Gasteiger partial charge on any atom is -0.383 e. The van der Waals surface area contributed by atoms with Crippen LogP contribution in [0.25, 0.3) is 33.6 Å². The molecule has 0 N–H and O–H groups in total. The Morgan fingerprint density at radius 1 is 0.925 bits per heavy atom. The van der Waals surface area contributed by atoms with Crippen LogP contribution in [0.4, 0.5) is 0 Å². The molecule has 0 fully saturated rings. The zero-order valence-corrected chi connectivity index (χ0v) is 23.6. The Morgan fingerprint density at radius 3 is 2.55 bits per heavy atom. The highest BCUT2D eigenvalue weighted by Gasteiger charge is 2.27. The highest BCUT2D eigenvalue weighted by atomic mass is 16.5. The molecular formula is C30H35N9O. The summed E-state index contributed by atoms with van der Waals surface area (Å²) in [6.45, 7) is 3.17. The summed E-state index contributed by atoms with van der Waals surface area (Å²) in [5.41, 5.74) is 9.74. The van der Waals surface area contributed by atoms with Crippen molar-refractivity contribution < 1.29 is 4.74 Å². The lowest BCUT2D eigenvalue weighted by Gasteiger charge is -2.16. The molecule has 0 unspecified atom stereocenters. The molecule has 0 radical (unpaired) electrons. The van der Waals surface area contributed by atoms with E-state index in [1.807, 2.05) is 39.7 Å². The third-order valence-electron chi connectivity index (χ3n) is 7.36. The van der Waals surface area contributed by atoms with Gasteiger partial charge in [-0.15, -0.1) is 0 Å². The first-order chi connectivity index (χ1) is 19.5. The van der Waals surface area contributed by atoms with Crippen LogP contribution in [0.15, 0.2) is 55.1 Å². The van der Waals surface area contributed by atoms with E-state index in [1.165, 1.54) is 5.56 Å². The minimum atomic E-state index is 0.597. The van der Waals surface area contributed by atoms with Gasteiger partial charge in [0.25, 0.3) is 0 Å². The van der Waals surface area contributed by atoms with Crippen molar-refractivity contribution in [2.45, 2.75) is 32.4 Å². The lowest BCUT2D eigenvalue weighted by atomic mass is 9.91. The van der Waals surface area contributed by atoms with Gasteiger partial charge in [-0.3, -0.25) is 14.0 Å². The highest BCUT2D eigenvalue weighted by Crippen LogP contribution is 2.39. The van der Waals surface area contributed by atoms with Crippen molar-refractivity contribution in [3.63, 3.8) is 0 Å². The van der Waals surface area contributed by atoms with Gasteiger partial charge in [0, 0.05) is 56.0 Å². The average Bonchev–Trinajstić information content (AvgIpc) is 3.69. The van der Waals surface area contributed by atoms with Crippen LogP contribution in [0.3, 0.4) is 0 Å². The van der Waals surface area contributed by atoms with Gasteiger partial charge in [0.05, 0.1) is 55.1 Å². The first kappa shape index (κ1) is 26.1. The van der Waals surface area contributed by atoms with E-state index >= 15 is 0 Å². The number of likely N-dealkylation sites (N-methyl/N-ethyl adjacent to an activating group) is 1. The Balaban J connectivity index is 1.28. The van der Waals surface area contributed by atoms with Crippen LogP contribution < -0.4 is 0 Å². The van der Waals surface area contributed by atoms with Crippen LogP contribution in [0.2, 0.25) is 0 Å². The Bertz CT molecular complexity index is 1610. The first-order valence-corrected chi connectivity index (χ1v) is 13.7. The predicted octanol–water partition coefficient (Wildman–Crippen LogP) is 3.50. The smallest absolute Gasteiger partial charge is 0.134 e. The molecule has 10 heteroatoms. The summed E-state index contributed by atoms with van der Waals surface area (Å²) in [5, 5.41) is 14.1. The van der Waals surface area contributed by atoms with Crippen LogP contribution >= 0.6 is 0 Å². The zero-order valence-electron chi connectivity index (χ0n) is 23.6. The summed E-state index contributed by atoms with van der Waals surface area (Å²) in [4.78, 5) is 11.9. The van der Waals surface area contributed by atoms with Crippen LogP contribution in [0, 0.1) is 0 Å². The van der Waals surface area contributed by atoms with Gasteiger partial charge in [0.15, 0.2) is 0 Å². The number of hydrogen-bond donors (Lipinski definition) is 0. The van der Waals surface area contributed by atoms with E-state index in [4.69, 9.17) is 24.9 Å². The molecule has 10 nitrogen and oxygen atoms in total. The maximum absolute atomic E-state index is 5.17. The van der Waals surface area contributed by atoms with E-state index in [0.29, 0.717) is 13.0 Å². The second-order valence-corrected chi connectivity index (χ2v) is 10.6. The Hall–Kier alpha value is -4.15. The van der Waals surface area contributed by atoms with E-state index in [9.17, 15) is 0 Å². The van der Waals surface area contributed by atoms with Gasteiger partial charge < -0.3 is 9.64 Å². The van der Waals surface area contributed by atoms with Crippen molar-refractivity contribution in [1.82, 2.24) is 44.2 Å². The number of hydrogen-bond acceptors (Lipinski definition) is 7. The molecule has 206 valence electrons. The van der Waals surface area contributed by atoms with E-state index in [-0.39, 0.29) is 0 Å². The molecule has 0 saturated heterocycles. The van der Waals surface area contributed by atoms with Gasteiger partial charge >= 0.3 is 0 Å². The van der Waals surface area contributed by atoms with Crippen LogP contribution in [0.1, 0.15) is 22.8 Å². The molecular weight excluding hydrogens is 502 g/mol. The van der Waals surface area contributed by atoms with Crippen LogP contribution in [0.5, 0.6) is 0 Å². The molecule has 0 spiro atoms. The molecule has 4 aromatic heterocycles. The number of aryl methyl sites for hydroxylation is 3. The fourth-order valence-electron chi connectivity index (χ4n) is 5.24. The third kappa shape index (κ3) is 5.32. The number of aromatic nitrogens is 8. The van der Waals surface area contributed by atoms with Gasteiger partial charge in [-0.1, -0.05) is 24.3 Å². The van der Waals surface area contributed by atoms with E-state index in [0.717, 1.165) is 83.3 Å². The summed E-state index contributed by atoms with van der Waals surface area (Å²) < 4.78 is 11.1. The molecule has 0 aliphatic heterocycles. The monoisotopic (exact) mass is 537 g/mol. The second-order valence-electron chi connectivity index (χ2n) is 10.6. The van der Waals surface area contributed by atoms with Crippen molar-refractivity contribution in [1.29, 1.82) is 0 Å². The molecule has 40 heavy (non-hydrogen) atoms. The summed E-state index contributed by atoms with van der Waals surface area (Å²) in [5.74, 6) is 0.778. The van der Waals surface area contributed by atoms with Crippen molar-refractivity contribution in [3.05, 3.63) is 77.9 Å². The van der Waals surface area contributed by atoms with Gasteiger partial charge in [-0.05, 0) is 44.1 Å². The first-order valence-electron chi connectivity index (χ1n) is 13.7. The largest absolute Gasteiger partial charge is 0.383 e. The quantitative estimate of drug-likeness (QED) is 0.269. The van der Waals surface area contributed by atoms with Crippen molar-refractivity contribution >= 4 is 0 Å². The molecule has 4 heterocycles. The summed E-state index contributed by atoms with van der Waals surface area (Å²) in [6.07, 6.45) is 10.3. The molecule has 1 aliphatic rings. The Morgan fingerprint density at radius 2 is 1.75 bits per heavy atom. The van der Waals surface area contributed by atoms with E-state index in [2.05, 4.69) is 60.6 Å². The number of methoxy groups -OCH3 is 1. The van der Waals surface area contributed by atoms with Crippen molar-refractivity contribution in [3.8, 4) is 33.6 Å². The topological polar surface area (TPSA) is 91.7 Å². The lowest BCUT2D eigenvalue weighted by Crippen LogP contribution is -2.18. The van der Waals surface area contributed by atoms with Gasteiger partial charge in [-0.25, -0.2) is 9.97 Å². The number of rotatable bonds is 10. The van der Waals surface area contributed by atoms with Gasteiger partial charge in [0.1, 0.15) is 5.82 Å². The predicted molar refractivity (Wildman–Crippen MR) is 154 cm³/mol. The van der Waals surface area contributed by atoms with Crippen molar-refractivity contribution in [2.75, 3.05) is 34.4 Å². The molecule has 0 bridgehead atoms. The number of benzene rings is 1. The molecule has 1 aliphatic carbocycles. The van der Waals surface area contributed by atoms with E-state index in [1.54, 1.807) is 7.11 Å². The SMILES string of the molecule is COCCn1cc(-c2ccc(-c3c4c(nn3C)CCc3cnc(Cc5ccn(CCN(C)C)n5)nc3-4)cc2)cn1. The summed E-state index contributed by atoms with van der Waals surface area (Å²) in [6, 6.07) is 10.7. The molecule has 6 rings (SSSR count). The molecule has 0 atom stereocenters. The Kier molecular flexibility index (Phi) is 7.27. The molecule has 5 aromatic rings. The fraction of sp³-hybridized carbons (Fsp3) is 0.367. The average molecular weight is 538 g/mol. The second kappa shape index (κ2) is 11.1. The molecule has 0 amide bonds. The summed E-state index contributed by atoms with van der Waals surface area (Å²) in [7, 11) is 7.86. The number of ether oxygens (including phenoxy) is 1. The number of nitrogens with zero attached hydrogens (tertiary/aromatic N) is 9. The minimum absolute atomic E-state index is 0.597. The Labute approximate surface area is 234 Å². The normalized spacial score (nSPS) is 12.6. The van der Waals surface area contributed by atoms with Crippen LogP contribution in [-0.2, 0) is 44.1 Å². The van der Waals surface area contributed by atoms with Gasteiger partial charge in [-0.2, -0.15) is 15.3 Å². The standard InChI is InChI=1S/C30H35N9O/c1-36(2)13-14-38-12-11-25(34-38)17-27-31-18-23-9-10-26-28(29(23)33-27)30(37(3)35-26)22-7-5-21(6-8-22)24-19-32-39(20-24)15-16-40-4/h5-8,11-12,18-20H,9-10,13-17H2,1-4H3. The zero-order chi connectivity index (χ0) is 27.6. The maximum Gasteiger partial charge on any atom is 0.134 e. The highest BCUT2D eigenvalue weighted by molar-refractivity contribution is 5.84. The number of fused-ring (bicyclic) bond motifs is 3. The molecule has 1 aromatic carbocycles. The summed E-state index contributed by atoms with van der Waals surface area (Å²) >= 11 is 0. The van der Waals surface area contributed by atoms with Crippen molar-refractivity contribution in [2.24, 2.45) is 7.05 Å². The van der Waals surface area contributed by atoms with Crippen LogP contribution in [-0.4, -0.2) is 78.6 Å². The van der Waals surface area contributed by atoms with Gasteiger partial charge in [0.2, 0.25) is 0 Å². The maximum atomic E-state index is 5.17. The third-order valence-corrected chi connectivity index (χ3v) is 7.36. The fourth-order valence-corrected chi connectivity index (χ4v) is 5.24. The lowest BCUT2D eigenvalue weighted by molar-refractivity contribution is 0.183. The van der Waals surface area contributed by atoms with E-state index < -0.39 is 0 Å².